The summed E-state index contributed by atoms with van der Waals surface area (Å²) in [6.07, 6.45) is 8.96. The number of hydrogen-bond acceptors (Lipinski definition) is 6. The topological polar surface area (TPSA) is 96.1 Å². The van der Waals surface area contributed by atoms with E-state index in [-0.39, 0.29) is 23.2 Å². The number of anilines is 1. The number of nitrogens with zero attached hydrogens (tertiary/aromatic N) is 4. The fraction of sp³-hybridized carbons (Fsp3) is 0.750. The zero-order valence-electron chi connectivity index (χ0n) is 15.7. The Morgan fingerprint density at radius 3 is 2.32 bits per heavy atom. The van der Waals surface area contributed by atoms with E-state index in [1.54, 1.807) is 6.33 Å². The lowest BCUT2D eigenvalue weighted by molar-refractivity contribution is 0.00386. The van der Waals surface area contributed by atoms with Crippen LogP contribution in [0.1, 0.15) is 51.0 Å². The minimum absolute atomic E-state index is 0.189. The van der Waals surface area contributed by atoms with Crippen LogP contribution in [-0.2, 0) is 0 Å². The first-order valence-corrected chi connectivity index (χ1v) is 11.0. The predicted octanol–water partition coefficient (Wildman–Crippen LogP) is 2.77. The Morgan fingerprint density at radius 1 is 1.04 bits per heavy atom. The van der Waals surface area contributed by atoms with Gasteiger partial charge in [-0.2, -0.15) is 9.97 Å². The highest BCUT2D eigenvalue weighted by atomic mass is 35.5. The van der Waals surface area contributed by atoms with Gasteiger partial charge >= 0.3 is 0 Å². The Morgan fingerprint density at radius 2 is 1.75 bits per heavy atom. The molecule has 2 aromatic heterocycles. The number of fused-ring (bicyclic) bond motifs is 2. The van der Waals surface area contributed by atoms with E-state index in [0.29, 0.717) is 34.9 Å². The summed E-state index contributed by atoms with van der Waals surface area (Å²) < 4.78 is 1.90. The van der Waals surface area contributed by atoms with Gasteiger partial charge in [0.15, 0.2) is 17.0 Å². The second kappa shape index (κ2) is 6.28. The summed E-state index contributed by atoms with van der Waals surface area (Å²) in [5, 5.41) is 24.6. The van der Waals surface area contributed by atoms with Gasteiger partial charge in [-0.05, 0) is 67.4 Å². The fourth-order valence-electron chi connectivity index (χ4n) is 5.69. The van der Waals surface area contributed by atoms with Gasteiger partial charge in [0, 0.05) is 6.04 Å². The van der Waals surface area contributed by atoms with Crippen molar-refractivity contribution >= 4 is 28.6 Å². The molecule has 5 atom stereocenters. The van der Waals surface area contributed by atoms with Crippen LogP contribution in [0.15, 0.2) is 6.33 Å². The molecule has 6 rings (SSSR count). The Balaban J connectivity index is 1.37. The third-order valence-electron chi connectivity index (χ3n) is 7.80. The highest BCUT2D eigenvalue weighted by Crippen LogP contribution is 2.58. The van der Waals surface area contributed by atoms with Crippen molar-refractivity contribution in [3.63, 3.8) is 0 Å². The first kappa shape index (κ1) is 17.4. The molecule has 0 amide bonds. The summed E-state index contributed by atoms with van der Waals surface area (Å²) in [6, 6.07) is 0.228. The van der Waals surface area contributed by atoms with E-state index < -0.39 is 12.2 Å². The van der Waals surface area contributed by atoms with Gasteiger partial charge in [-0.15, -0.1) is 0 Å². The minimum atomic E-state index is -0.788. The lowest BCUT2D eigenvalue weighted by Crippen LogP contribution is -2.42. The lowest BCUT2D eigenvalue weighted by Gasteiger charge is -2.43. The molecule has 7 nitrogen and oxygen atoms in total. The third-order valence-corrected chi connectivity index (χ3v) is 7.97. The predicted molar refractivity (Wildman–Crippen MR) is 105 cm³/mol. The molecule has 1 unspecified atom stereocenters. The van der Waals surface area contributed by atoms with Crippen LogP contribution in [0.2, 0.25) is 5.28 Å². The summed E-state index contributed by atoms with van der Waals surface area (Å²) in [7, 11) is 0. The van der Waals surface area contributed by atoms with E-state index in [2.05, 4.69) is 20.3 Å². The molecule has 4 aliphatic carbocycles. The zero-order chi connectivity index (χ0) is 19.0. The van der Waals surface area contributed by atoms with Crippen molar-refractivity contribution in [1.82, 2.24) is 19.5 Å². The highest BCUT2D eigenvalue weighted by molar-refractivity contribution is 6.28. The normalized spacial score (nSPS) is 35.1. The van der Waals surface area contributed by atoms with E-state index in [4.69, 9.17) is 11.6 Å². The van der Waals surface area contributed by atoms with Crippen LogP contribution in [0.3, 0.4) is 0 Å². The van der Waals surface area contributed by atoms with Crippen LogP contribution in [0.25, 0.3) is 11.2 Å². The van der Waals surface area contributed by atoms with E-state index in [9.17, 15) is 10.2 Å². The van der Waals surface area contributed by atoms with Crippen molar-refractivity contribution in [2.45, 2.75) is 69.2 Å². The van der Waals surface area contributed by atoms with Crippen LogP contribution in [0.4, 0.5) is 5.82 Å². The first-order valence-electron chi connectivity index (χ1n) is 10.6. The van der Waals surface area contributed by atoms with Crippen molar-refractivity contribution in [3.8, 4) is 0 Å². The average molecular weight is 404 g/mol. The van der Waals surface area contributed by atoms with Crippen molar-refractivity contribution in [3.05, 3.63) is 11.6 Å². The maximum atomic E-state index is 10.5. The molecule has 0 radical (unpaired) electrons. The smallest absolute Gasteiger partial charge is 0.226 e. The second-order valence-electron chi connectivity index (χ2n) is 9.25. The molecule has 150 valence electrons. The number of hydrogen-bond donors (Lipinski definition) is 3. The number of aliphatic hydroxyl groups is 2. The molecule has 0 aliphatic heterocycles. The molecule has 3 N–H and O–H groups in total. The van der Waals surface area contributed by atoms with Gasteiger partial charge in [0.2, 0.25) is 5.28 Å². The monoisotopic (exact) mass is 403 g/mol. The van der Waals surface area contributed by atoms with Gasteiger partial charge in [-0.1, -0.05) is 12.8 Å². The Kier molecular flexibility index (Phi) is 3.91. The van der Waals surface area contributed by atoms with E-state index in [1.165, 1.54) is 38.5 Å². The van der Waals surface area contributed by atoms with Gasteiger partial charge < -0.3 is 20.1 Å². The molecule has 0 aromatic carbocycles. The first-order chi connectivity index (χ1) is 13.6. The Labute approximate surface area is 168 Å². The van der Waals surface area contributed by atoms with Crippen molar-refractivity contribution in [1.29, 1.82) is 0 Å². The zero-order valence-corrected chi connectivity index (χ0v) is 16.5. The number of halogens is 1. The lowest BCUT2D eigenvalue weighted by atomic mass is 9.68. The summed E-state index contributed by atoms with van der Waals surface area (Å²) in [6.45, 7) is 0. The van der Waals surface area contributed by atoms with Gasteiger partial charge in [0.05, 0.1) is 18.5 Å². The van der Waals surface area contributed by atoms with Crippen LogP contribution < -0.4 is 5.32 Å². The van der Waals surface area contributed by atoms with Gasteiger partial charge in [0.25, 0.3) is 0 Å². The van der Waals surface area contributed by atoms with E-state index in [1.807, 2.05) is 4.57 Å². The number of aromatic nitrogens is 4. The number of aliphatic hydroxyl groups excluding tert-OH is 2. The molecule has 0 bridgehead atoms. The second-order valence-corrected chi connectivity index (χ2v) is 9.59. The fourth-order valence-corrected chi connectivity index (χ4v) is 5.85. The Hall–Kier alpha value is -1.44. The molecular formula is C20H26ClN5O2. The van der Waals surface area contributed by atoms with Gasteiger partial charge in [-0.25, -0.2) is 4.98 Å². The largest absolute Gasteiger partial charge is 0.390 e. The summed E-state index contributed by atoms with van der Waals surface area (Å²) in [5.74, 6) is 2.59. The van der Waals surface area contributed by atoms with Crippen LogP contribution >= 0.6 is 11.6 Å². The molecule has 2 aromatic rings. The quantitative estimate of drug-likeness (QED) is 0.664. The van der Waals surface area contributed by atoms with Crippen molar-refractivity contribution in [2.75, 3.05) is 5.32 Å². The Bertz CT molecular complexity index is 897. The molecule has 8 heteroatoms. The van der Waals surface area contributed by atoms with E-state index >= 15 is 0 Å². The molecular weight excluding hydrogens is 378 g/mol. The minimum Gasteiger partial charge on any atom is -0.390 e. The maximum Gasteiger partial charge on any atom is 0.226 e. The van der Waals surface area contributed by atoms with Crippen LogP contribution in [0, 0.1) is 23.7 Å². The highest BCUT2D eigenvalue weighted by Gasteiger charge is 2.60. The van der Waals surface area contributed by atoms with Gasteiger partial charge in [-0.3, -0.25) is 0 Å². The van der Waals surface area contributed by atoms with Crippen LogP contribution in [-0.4, -0.2) is 48.0 Å². The summed E-state index contributed by atoms with van der Waals surface area (Å²) >= 11 is 6.29. The van der Waals surface area contributed by atoms with Crippen molar-refractivity contribution in [2.24, 2.45) is 23.7 Å². The molecule has 0 spiro atoms. The molecule has 4 fully saturated rings. The molecule has 28 heavy (non-hydrogen) atoms. The number of nitrogens with one attached hydrogen (secondary N) is 1. The summed E-state index contributed by atoms with van der Waals surface area (Å²) in [5.41, 5.74) is 1.35. The number of imidazole rings is 1. The molecule has 2 heterocycles. The van der Waals surface area contributed by atoms with E-state index in [0.717, 1.165) is 6.42 Å². The number of rotatable bonds is 5. The maximum absolute atomic E-state index is 10.5. The molecule has 0 saturated heterocycles. The van der Waals surface area contributed by atoms with Gasteiger partial charge in [0.1, 0.15) is 6.10 Å². The SMILES string of the molecule is O[C@@H]1[C@H](O)[C@@H]2CC2[C@H]1n1cnc2c(NC(C3CCC3)C3CCC3)nc(Cl)nc21. The average Bonchev–Trinajstić information content (AvgIpc) is 3.17. The summed E-state index contributed by atoms with van der Waals surface area (Å²) in [4.78, 5) is 13.5. The van der Waals surface area contributed by atoms with Crippen LogP contribution in [0.5, 0.6) is 0 Å². The third kappa shape index (κ3) is 2.52. The standard InChI is InChI=1S/C20H26ClN5O2/c21-20-24-18(23-13(9-3-1-4-9)10-5-2-6-10)14-19(25-20)26(8-22-14)15-11-7-12(11)16(27)17(15)28/h8-13,15-17,27-28H,1-7H2,(H,23,24,25)/t11?,12-,15-,16-,17+/m1/s1. The molecule has 4 saturated carbocycles. The van der Waals surface area contributed by atoms with Crippen molar-refractivity contribution < 1.29 is 10.2 Å². The molecule has 4 aliphatic rings.